The van der Waals surface area contributed by atoms with Crippen molar-refractivity contribution in [3.63, 3.8) is 0 Å². The Balaban J connectivity index is 1.67. The van der Waals surface area contributed by atoms with Crippen LogP contribution in [0.5, 0.6) is 0 Å². The normalized spacial score (nSPS) is 12.3. The minimum absolute atomic E-state index is 0.0172. The van der Waals surface area contributed by atoms with E-state index in [-0.39, 0.29) is 12.1 Å². The quantitative estimate of drug-likeness (QED) is 0.675. The Morgan fingerprint density at radius 2 is 1.79 bits per heavy atom. The van der Waals surface area contributed by atoms with Gasteiger partial charge in [0.2, 0.25) is 10.0 Å². The van der Waals surface area contributed by atoms with Crippen LogP contribution in [0.1, 0.15) is 16.8 Å². The highest BCUT2D eigenvalue weighted by molar-refractivity contribution is 7.89. The van der Waals surface area contributed by atoms with Crippen molar-refractivity contribution in [2.45, 2.75) is 24.4 Å². The number of halogens is 3. The molecule has 148 valence electrons. The van der Waals surface area contributed by atoms with Gasteiger partial charge < -0.3 is 0 Å². The van der Waals surface area contributed by atoms with E-state index in [4.69, 9.17) is 0 Å². The highest BCUT2D eigenvalue weighted by atomic mass is 32.2. The van der Waals surface area contributed by atoms with E-state index < -0.39 is 26.7 Å². The van der Waals surface area contributed by atoms with Gasteiger partial charge in [-0.15, -0.1) is 0 Å². The van der Waals surface area contributed by atoms with Crippen molar-refractivity contribution in [1.29, 1.82) is 0 Å². The maximum absolute atomic E-state index is 13.0. The summed E-state index contributed by atoms with van der Waals surface area (Å²) in [5, 5.41) is 4.36. The summed E-state index contributed by atoms with van der Waals surface area (Å²) < 4.78 is 67.7. The molecule has 0 bridgehead atoms. The lowest BCUT2D eigenvalue weighted by Gasteiger charge is -2.12. The topological polar surface area (TPSA) is 64.0 Å². The molecule has 0 saturated carbocycles. The number of rotatable bonds is 6. The van der Waals surface area contributed by atoms with Gasteiger partial charge in [0.15, 0.2) is 0 Å². The summed E-state index contributed by atoms with van der Waals surface area (Å²) in [6.45, 7) is 1.30. The van der Waals surface area contributed by atoms with Gasteiger partial charge in [-0.05, 0) is 42.8 Å². The zero-order chi connectivity index (χ0) is 20.4. The minimum Gasteiger partial charge on any atom is -0.241 e. The van der Waals surface area contributed by atoms with E-state index >= 15 is 0 Å². The first-order valence-electron chi connectivity index (χ1n) is 8.44. The third kappa shape index (κ3) is 4.60. The van der Waals surface area contributed by atoms with Crippen LogP contribution < -0.4 is 4.72 Å². The Hall–Kier alpha value is -2.65. The van der Waals surface area contributed by atoms with Crippen LogP contribution in [0, 0.1) is 6.92 Å². The molecule has 0 amide bonds. The monoisotopic (exact) mass is 409 g/mol. The number of hydrogen-bond acceptors (Lipinski definition) is 3. The molecule has 9 heteroatoms. The third-order valence-corrected chi connectivity index (χ3v) is 5.62. The summed E-state index contributed by atoms with van der Waals surface area (Å²) in [4.78, 5) is -0.416. The average Bonchev–Trinajstić information content (AvgIpc) is 3.10. The second-order valence-corrected chi connectivity index (χ2v) is 7.98. The fraction of sp³-hybridized carbons (Fsp3) is 0.211. The summed E-state index contributed by atoms with van der Waals surface area (Å²) in [5.41, 5.74) is 0.537. The predicted octanol–water partition coefficient (Wildman–Crippen LogP) is 3.72. The van der Waals surface area contributed by atoms with E-state index in [0.29, 0.717) is 18.2 Å². The molecule has 3 aromatic rings. The van der Waals surface area contributed by atoms with Gasteiger partial charge in [0.25, 0.3) is 0 Å². The number of aromatic nitrogens is 2. The number of sulfonamides is 1. The first-order valence-corrected chi connectivity index (χ1v) is 9.92. The predicted molar refractivity (Wildman–Crippen MR) is 98.6 cm³/mol. The van der Waals surface area contributed by atoms with E-state index in [9.17, 15) is 21.6 Å². The zero-order valence-electron chi connectivity index (χ0n) is 14.9. The van der Waals surface area contributed by atoms with Crippen LogP contribution in [0.2, 0.25) is 0 Å². The minimum atomic E-state index is -4.61. The second-order valence-electron chi connectivity index (χ2n) is 6.21. The second kappa shape index (κ2) is 7.76. The van der Waals surface area contributed by atoms with Crippen LogP contribution in [-0.4, -0.2) is 24.7 Å². The molecule has 0 radical (unpaired) electrons. The first-order chi connectivity index (χ1) is 13.2. The van der Waals surface area contributed by atoms with Crippen molar-refractivity contribution in [3.8, 4) is 5.69 Å². The molecule has 0 saturated heterocycles. The van der Waals surface area contributed by atoms with Crippen molar-refractivity contribution in [2.75, 3.05) is 6.54 Å². The van der Waals surface area contributed by atoms with E-state index in [0.717, 1.165) is 17.8 Å². The third-order valence-electron chi connectivity index (χ3n) is 4.16. The first kappa shape index (κ1) is 20.1. The largest absolute Gasteiger partial charge is 0.416 e. The molecule has 2 aromatic carbocycles. The molecule has 0 fully saturated rings. The Bertz CT molecular complexity index is 1060. The van der Waals surface area contributed by atoms with Crippen molar-refractivity contribution in [3.05, 3.63) is 77.6 Å². The van der Waals surface area contributed by atoms with Gasteiger partial charge in [-0.25, -0.2) is 17.8 Å². The Morgan fingerprint density at radius 3 is 2.46 bits per heavy atom. The number of nitrogens with one attached hydrogen (secondary N) is 1. The zero-order valence-corrected chi connectivity index (χ0v) is 15.8. The lowest BCUT2D eigenvalue weighted by Crippen LogP contribution is -2.26. The van der Waals surface area contributed by atoms with Gasteiger partial charge in [0, 0.05) is 19.2 Å². The lowest BCUT2D eigenvalue weighted by atomic mass is 10.1. The number of hydrogen-bond donors (Lipinski definition) is 1. The molecule has 3 rings (SSSR count). The number of nitrogens with zero attached hydrogens (tertiary/aromatic N) is 2. The Kier molecular flexibility index (Phi) is 5.57. The maximum Gasteiger partial charge on any atom is 0.416 e. The molecular weight excluding hydrogens is 391 g/mol. The summed E-state index contributed by atoms with van der Waals surface area (Å²) in [6, 6.07) is 14.1. The van der Waals surface area contributed by atoms with Crippen molar-refractivity contribution >= 4 is 10.0 Å². The average molecular weight is 409 g/mol. The number of aryl methyl sites for hydroxylation is 1. The molecule has 0 aliphatic rings. The fourth-order valence-corrected chi connectivity index (χ4v) is 3.75. The molecule has 0 spiro atoms. The van der Waals surface area contributed by atoms with Crippen molar-refractivity contribution < 1.29 is 21.6 Å². The summed E-state index contributed by atoms with van der Waals surface area (Å²) in [7, 11) is -4.06. The van der Waals surface area contributed by atoms with Crippen molar-refractivity contribution in [2.24, 2.45) is 0 Å². The highest BCUT2D eigenvalue weighted by Gasteiger charge is 2.33. The fourth-order valence-electron chi connectivity index (χ4n) is 2.69. The van der Waals surface area contributed by atoms with Gasteiger partial charge in [0.1, 0.15) is 0 Å². The maximum atomic E-state index is 13.0. The summed E-state index contributed by atoms with van der Waals surface area (Å²) >= 11 is 0. The molecule has 0 aliphatic heterocycles. The highest BCUT2D eigenvalue weighted by Crippen LogP contribution is 2.33. The van der Waals surface area contributed by atoms with Gasteiger partial charge in [-0.1, -0.05) is 24.3 Å². The van der Waals surface area contributed by atoms with E-state index in [1.54, 1.807) is 16.9 Å². The smallest absolute Gasteiger partial charge is 0.241 e. The van der Waals surface area contributed by atoms with Crippen molar-refractivity contribution in [1.82, 2.24) is 14.5 Å². The van der Waals surface area contributed by atoms with Crippen LogP contribution >= 0.6 is 0 Å². The molecule has 5 nitrogen and oxygen atoms in total. The Morgan fingerprint density at radius 1 is 1.07 bits per heavy atom. The standard InChI is InChI=1S/C19H18F3N3O2S/c1-14-7-8-17(13-18(14)19(20,21)22)28(26,27)23-11-9-15-10-12-25(24-15)16-5-3-2-4-6-16/h2-8,10,12-13,23H,9,11H2,1H3. The number of benzene rings is 2. The molecular formula is C19H18F3N3O2S. The van der Waals surface area contributed by atoms with E-state index in [1.165, 1.54) is 6.92 Å². The van der Waals surface area contributed by atoms with Crippen LogP contribution in [0.4, 0.5) is 13.2 Å². The SMILES string of the molecule is Cc1ccc(S(=O)(=O)NCCc2ccn(-c3ccccc3)n2)cc1C(F)(F)F. The van der Waals surface area contributed by atoms with Crippen LogP contribution in [0.25, 0.3) is 5.69 Å². The van der Waals surface area contributed by atoms with E-state index in [2.05, 4.69) is 9.82 Å². The van der Waals surface area contributed by atoms with Gasteiger partial charge in [-0.3, -0.25) is 0 Å². The summed E-state index contributed by atoms with van der Waals surface area (Å²) in [6.07, 6.45) is -2.55. The molecule has 28 heavy (non-hydrogen) atoms. The molecule has 0 unspecified atom stereocenters. The van der Waals surface area contributed by atoms with Crippen LogP contribution in [0.15, 0.2) is 65.7 Å². The Labute approximate surface area is 160 Å². The lowest BCUT2D eigenvalue weighted by molar-refractivity contribution is -0.138. The number of para-hydroxylation sites is 1. The van der Waals surface area contributed by atoms with Gasteiger partial charge in [-0.2, -0.15) is 18.3 Å². The van der Waals surface area contributed by atoms with Gasteiger partial charge in [0.05, 0.1) is 21.8 Å². The molecule has 0 aliphatic carbocycles. The molecule has 0 atom stereocenters. The van der Waals surface area contributed by atoms with E-state index in [1.807, 2.05) is 30.3 Å². The van der Waals surface area contributed by atoms with Gasteiger partial charge >= 0.3 is 6.18 Å². The number of alkyl halides is 3. The molecule has 1 aromatic heterocycles. The molecule has 1 heterocycles. The molecule has 1 N–H and O–H groups in total. The van der Waals surface area contributed by atoms with Crippen LogP contribution in [0.3, 0.4) is 0 Å². The summed E-state index contributed by atoms with van der Waals surface area (Å²) in [5.74, 6) is 0. The van der Waals surface area contributed by atoms with Crippen LogP contribution in [-0.2, 0) is 22.6 Å².